The van der Waals surface area contributed by atoms with Crippen molar-refractivity contribution in [2.75, 3.05) is 39.9 Å². The third-order valence-electron chi connectivity index (χ3n) is 4.83. The van der Waals surface area contributed by atoms with Crippen LogP contribution in [0.4, 0.5) is 0 Å². The Labute approximate surface area is 174 Å². The SMILES string of the molecule is CCN(CC)CCOc1ccccc1CN=C(N)NCCc1ccc(OC)cc1. The van der Waals surface area contributed by atoms with E-state index in [0.717, 1.165) is 49.7 Å². The summed E-state index contributed by atoms with van der Waals surface area (Å²) in [7, 11) is 1.67. The van der Waals surface area contributed by atoms with Crippen LogP contribution in [0.2, 0.25) is 0 Å². The monoisotopic (exact) mass is 398 g/mol. The normalized spacial score (nSPS) is 11.5. The van der Waals surface area contributed by atoms with Crippen molar-refractivity contribution in [1.82, 2.24) is 10.2 Å². The molecule has 6 nitrogen and oxygen atoms in total. The minimum Gasteiger partial charge on any atom is -0.497 e. The third-order valence-corrected chi connectivity index (χ3v) is 4.83. The van der Waals surface area contributed by atoms with Crippen molar-refractivity contribution in [3.63, 3.8) is 0 Å². The van der Waals surface area contributed by atoms with Crippen molar-refractivity contribution in [3.05, 3.63) is 59.7 Å². The molecule has 0 unspecified atom stereocenters. The predicted molar refractivity (Wildman–Crippen MR) is 120 cm³/mol. The highest BCUT2D eigenvalue weighted by Crippen LogP contribution is 2.18. The fraction of sp³-hybridized carbons (Fsp3) is 0.435. The largest absolute Gasteiger partial charge is 0.497 e. The van der Waals surface area contributed by atoms with Gasteiger partial charge in [0.25, 0.3) is 0 Å². The molecule has 158 valence electrons. The lowest BCUT2D eigenvalue weighted by atomic mass is 10.1. The molecular formula is C23H34N4O2. The minimum atomic E-state index is 0.441. The van der Waals surface area contributed by atoms with Crippen molar-refractivity contribution in [2.24, 2.45) is 10.7 Å². The number of likely N-dealkylation sites (N-methyl/N-ethyl adjacent to an activating group) is 1. The molecule has 2 aromatic carbocycles. The van der Waals surface area contributed by atoms with Crippen molar-refractivity contribution >= 4 is 5.96 Å². The molecule has 0 aliphatic heterocycles. The second-order valence-corrected chi connectivity index (χ2v) is 6.71. The topological polar surface area (TPSA) is 72.1 Å². The predicted octanol–water partition coefficient (Wildman–Crippen LogP) is 3.06. The zero-order chi connectivity index (χ0) is 20.9. The van der Waals surface area contributed by atoms with Crippen LogP contribution in [0, 0.1) is 0 Å². The van der Waals surface area contributed by atoms with Crippen molar-refractivity contribution < 1.29 is 9.47 Å². The molecule has 0 bridgehead atoms. The molecule has 0 saturated heterocycles. The molecule has 2 aromatic rings. The molecule has 0 saturated carbocycles. The third kappa shape index (κ3) is 8.03. The number of guanidine groups is 1. The smallest absolute Gasteiger partial charge is 0.188 e. The number of hydrogen-bond acceptors (Lipinski definition) is 4. The summed E-state index contributed by atoms with van der Waals surface area (Å²) in [6, 6.07) is 16.0. The quantitative estimate of drug-likeness (QED) is 0.425. The van der Waals surface area contributed by atoms with Crippen molar-refractivity contribution in [2.45, 2.75) is 26.8 Å². The van der Waals surface area contributed by atoms with Crippen LogP contribution in [-0.2, 0) is 13.0 Å². The minimum absolute atomic E-state index is 0.441. The van der Waals surface area contributed by atoms with Gasteiger partial charge in [0, 0.05) is 18.7 Å². The van der Waals surface area contributed by atoms with Gasteiger partial charge in [-0.2, -0.15) is 0 Å². The second-order valence-electron chi connectivity index (χ2n) is 6.71. The first kappa shape index (κ1) is 22.6. The fourth-order valence-corrected chi connectivity index (χ4v) is 2.95. The Bertz CT molecular complexity index is 743. The average Bonchev–Trinajstić information content (AvgIpc) is 2.76. The number of para-hydroxylation sites is 1. The Morgan fingerprint density at radius 3 is 2.48 bits per heavy atom. The number of nitrogens with two attached hydrogens (primary N) is 1. The van der Waals surface area contributed by atoms with E-state index >= 15 is 0 Å². The van der Waals surface area contributed by atoms with Crippen LogP contribution >= 0.6 is 0 Å². The van der Waals surface area contributed by atoms with E-state index in [4.69, 9.17) is 15.2 Å². The molecule has 0 amide bonds. The number of nitrogens with one attached hydrogen (secondary N) is 1. The van der Waals surface area contributed by atoms with Gasteiger partial charge in [-0.15, -0.1) is 0 Å². The van der Waals surface area contributed by atoms with Crippen LogP contribution in [0.5, 0.6) is 11.5 Å². The summed E-state index contributed by atoms with van der Waals surface area (Å²) in [5.41, 5.74) is 8.28. The van der Waals surface area contributed by atoms with E-state index in [1.165, 1.54) is 5.56 Å². The summed E-state index contributed by atoms with van der Waals surface area (Å²) in [6.45, 7) is 9.19. The summed E-state index contributed by atoms with van der Waals surface area (Å²) in [5, 5.41) is 3.17. The summed E-state index contributed by atoms with van der Waals surface area (Å²) in [6.07, 6.45) is 0.866. The maximum absolute atomic E-state index is 6.03. The lowest BCUT2D eigenvalue weighted by Crippen LogP contribution is -2.33. The first-order chi connectivity index (χ1) is 14.2. The highest BCUT2D eigenvalue weighted by atomic mass is 16.5. The Hall–Kier alpha value is -2.73. The van der Waals surface area contributed by atoms with Gasteiger partial charge < -0.3 is 25.4 Å². The molecule has 0 fully saturated rings. The van der Waals surface area contributed by atoms with Crippen LogP contribution in [0.25, 0.3) is 0 Å². The molecule has 0 spiro atoms. The zero-order valence-electron chi connectivity index (χ0n) is 17.9. The van der Waals surface area contributed by atoms with Gasteiger partial charge in [0.05, 0.1) is 13.7 Å². The lowest BCUT2D eigenvalue weighted by Gasteiger charge is -2.18. The van der Waals surface area contributed by atoms with Gasteiger partial charge in [-0.25, -0.2) is 4.99 Å². The van der Waals surface area contributed by atoms with Crippen LogP contribution in [0.15, 0.2) is 53.5 Å². The standard InChI is InChI=1S/C23H34N4O2/c1-4-27(5-2)16-17-29-22-9-7-6-8-20(22)18-26-23(24)25-15-14-19-10-12-21(28-3)13-11-19/h6-13H,4-5,14-18H2,1-3H3,(H3,24,25,26). The molecular weight excluding hydrogens is 364 g/mol. The summed E-state index contributed by atoms with van der Waals surface area (Å²) in [4.78, 5) is 6.80. The number of nitrogens with zero attached hydrogens (tertiary/aromatic N) is 2. The zero-order valence-corrected chi connectivity index (χ0v) is 17.9. The highest BCUT2D eigenvalue weighted by molar-refractivity contribution is 5.77. The van der Waals surface area contributed by atoms with Gasteiger partial charge in [-0.3, -0.25) is 0 Å². The molecule has 3 N–H and O–H groups in total. The Morgan fingerprint density at radius 2 is 1.79 bits per heavy atom. The first-order valence-corrected chi connectivity index (χ1v) is 10.3. The fourth-order valence-electron chi connectivity index (χ4n) is 2.95. The molecule has 29 heavy (non-hydrogen) atoms. The van der Waals surface area contributed by atoms with Gasteiger partial charge in [0.15, 0.2) is 5.96 Å². The molecule has 0 aliphatic rings. The van der Waals surface area contributed by atoms with Crippen LogP contribution in [0.3, 0.4) is 0 Å². The van der Waals surface area contributed by atoms with E-state index in [1.54, 1.807) is 7.11 Å². The van der Waals surface area contributed by atoms with Crippen LogP contribution < -0.4 is 20.5 Å². The van der Waals surface area contributed by atoms with Gasteiger partial charge in [-0.05, 0) is 43.3 Å². The number of ether oxygens (including phenoxy) is 2. The number of aliphatic imine (C=N–C) groups is 1. The molecule has 6 heteroatoms. The van der Waals surface area contributed by atoms with Gasteiger partial charge in [-0.1, -0.05) is 44.2 Å². The number of benzene rings is 2. The number of rotatable bonds is 12. The molecule has 0 radical (unpaired) electrons. The summed E-state index contributed by atoms with van der Waals surface area (Å²) in [5.74, 6) is 2.17. The van der Waals surface area contributed by atoms with E-state index in [-0.39, 0.29) is 0 Å². The first-order valence-electron chi connectivity index (χ1n) is 10.3. The Kier molecular flexibility index (Phi) is 9.86. The van der Waals surface area contributed by atoms with E-state index in [0.29, 0.717) is 19.1 Å². The van der Waals surface area contributed by atoms with Crippen LogP contribution in [-0.4, -0.2) is 50.8 Å². The Balaban J connectivity index is 1.80. The second kappa shape index (κ2) is 12.7. The molecule has 0 atom stereocenters. The Morgan fingerprint density at radius 1 is 1.07 bits per heavy atom. The van der Waals surface area contributed by atoms with Crippen molar-refractivity contribution in [3.8, 4) is 11.5 Å². The molecule has 2 rings (SSSR count). The lowest BCUT2D eigenvalue weighted by molar-refractivity contribution is 0.221. The maximum atomic E-state index is 6.03. The summed E-state index contributed by atoms with van der Waals surface area (Å²) >= 11 is 0. The molecule has 0 heterocycles. The van der Waals surface area contributed by atoms with E-state index < -0.39 is 0 Å². The number of methoxy groups -OCH3 is 1. The maximum Gasteiger partial charge on any atom is 0.188 e. The van der Waals surface area contributed by atoms with E-state index in [1.807, 2.05) is 36.4 Å². The van der Waals surface area contributed by atoms with Crippen molar-refractivity contribution in [1.29, 1.82) is 0 Å². The highest BCUT2D eigenvalue weighted by Gasteiger charge is 2.05. The van der Waals surface area contributed by atoms with Gasteiger partial charge in [0.1, 0.15) is 18.1 Å². The number of hydrogen-bond donors (Lipinski definition) is 2. The van der Waals surface area contributed by atoms with Gasteiger partial charge in [0.2, 0.25) is 0 Å². The van der Waals surface area contributed by atoms with Gasteiger partial charge >= 0.3 is 0 Å². The molecule has 0 aliphatic carbocycles. The van der Waals surface area contributed by atoms with Crippen LogP contribution in [0.1, 0.15) is 25.0 Å². The van der Waals surface area contributed by atoms with E-state index in [2.05, 4.69) is 41.2 Å². The average molecular weight is 399 g/mol. The summed E-state index contributed by atoms with van der Waals surface area (Å²) < 4.78 is 11.2. The van der Waals surface area contributed by atoms with E-state index in [9.17, 15) is 0 Å². The molecule has 0 aromatic heterocycles.